The molecule has 2 N–H and O–H groups in total. The van der Waals surface area contributed by atoms with Gasteiger partial charge in [0.2, 0.25) is 11.0 Å². The van der Waals surface area contributed by atoms with Crippen LogP contribution in [-0.4, -0.2) is 39.6 Å². The summed E-state index contributed by atoms with van der Waals surface area (Å²) in [5.74, 6) is -0.657. The Morgan fingerprint density at radius 3 is 2.31 bits per heavy atom. The summed E-state index contributed by atoms with van der Waals surface area (Å²) in [6.07, 6.45) is 0. The molecule has 29 heavy (non-hydrogen) atoms. The highest BCUT2D eigenvalue weighted by Crippen LogP contribution is 2.17. The van der Waals surface area contributed by atoms with E-state index in [2.05, 4.69) is 27.9 Å². The molecule has 0 radical (unpaired) electrons. The lowest BCUT2D eigenvalue weighted by Gasteiger charge is -2.17. The van der Waals surface area contributed by atoms with Crippen LogP contribution in [0.25, 0.3) is 0 Å². The summed E-state index contributed by atoms with van der Waals surface area (Å²) in [6.45, 7) is 1.69. The van der Waals surface area contributed by atoms with Crippen LogP contribution >= 0.6 is 46.1 Å². The standard InChI is InChI=1S/C21H22INO4S2/c1-14(11-29-21(27)16-5-3-2-4-6-16)19(24)23-18(20(25)26)13-28-12-15-7-9-17(22)10-8-15/h2-10,14,18H,11-13H2,1H3,(H,23,24)(H,25,26)/t14-,18+/m1/s1. The molecule has 0 aliphatic heterocycles. The molecule has 0 fully saturated rings. The topological polar surface area (TPSA) is 83.5 Å². The minimum absolute atomic E-state index is 0.104. The van der Waals surface area contributed by atoms with Crippen molar-refractivity contribution in [1.82, 2.24) is 5.32 Å². The van der Waals surface area contributed by atoms with Crippen molar-refractivity contribution in [3.8, 4) is 0 Å². The zero-order chi connectivity index (χ0) is 21.2. The summed E-state index contributed by atoms with van der Waals surface area (Å²) in [6, 6.07) is 15.9. The van der Waals surface area contributed by atoms with Crippen LogP contribution in [-0.2, 0) is 15.3 Å². The van der Waals surface area contributed by atoms with E-state index >= 15 is 0 Å². The van der Waals surface area contributed by atoms with E-state index in [-0.39, 0.29) is 16.8 Å². The van der Waals surface area contributed by atoms with Crippen molar-refractivity contribution in [3.63, 3.8) is 0 Å². The lowest BCUT2D eigenvalue weighted by molar-refractivity contribution is -0.141. The molecule has 0 aliphatic rings. The number of carboxylic acid groups (broad SMARTS) is 1. The second-order valence-corrected chi connectivity index (χ2v) is 9.68. The molecule has 5 nitrogen and oxygen atoms in total. The third-order valence-electron chi connectivity index (χ3n) is 4.00. The van der Waals surface area contributed by atoms with Gasteiger partial charge in [-0.1, -0.05) is 61.2 Å². The fraction of sp³-hybridized carbons (Fsp3) is 0.286. The Balaban J connectivity index is 1.79. The van der Waals surface area contributed by atoms with Gasteiger partial charge in [-0.15, -0.1) is 0 Å². The molecular formula is C21H22INO4S2. The first-order valence-electron chi connectivity index (χ1n) is 8.94. The number of rotatable bonds is 10. The number of hydrogen-bond donors (Lipinski definition) is 2. The van der Waals surface area contributed by atoms with Crippen LogP contribution in [0.2, 0.25) is 0 Å². The van der Waals surface area contributed by atoms with E-state index in [9.17, 15) is 19.5 Å². The normalized spacial score (nSPS) is 12.8. The second kappa shape index (κ2) is 12.2. The summed E-state index contributed by atoms with van der Waals surface area (Å²) in [7, 11) is 0. The number of benzene rings is 2. The number of nitrogens with one attached hydrogen (secondary N) is 1. The van der Waals surface area contributed by atoms with E-state index in [4.69, 9.17) is 0 Å². The van der Waals surface area contributed by atoms with E-state index in [1.54, 1.807) is 31.2 Å². The Labute approximate surface area is 192 Å². The van der Waals surface area contributed by atoms with Crippen LogP contribution in [0.3, 0.4) is 0 Å². The maximum Gasteiger partial charge on any atom is 0.327 e. The number of halogens is 1. The van der Waals surface area contributed by atoms with Gasteiger partial charge < -0.3 is 10.4 Å². The van der Waals surface area contributed by atoms with Crippen LogP contribution < -0.4 is 5.32 Å². The highest BCUT2D eigenvalue weighted by atomic mass is 127. The number of aliphatic carboxylic acids is 1. The molecule has 0 heterocycles. The molecule has 0 unspecified atom stereocenters. The fourth-order valence-corrected chi connectivity index (χ4v) is 4.52. The maximum atomic E-state index is 12.4. The molecule has 0 spiro atoms. The zero-order valence-electron chi connectivity index (χ0n) is 15.8. The molecule has 0 saturated heterocycles. The lowest BCUT2D eigenvalue weighted by atomic mass is 10.2. The number of carbonyl (C=O) groups excluding carboxylic acids is 2. The monoisotopic (exact) mass is 543 g/mol. The van der Waals surface area contributed by atoms with Crippen LogP contribution in [0.1, 0.15) is 22.8 Å². The Kier molecular flexibility index (Phi) is 10.0. The molecule has 1 amide bonds. The van der Waals surface area contributed by atoms with E-state index in [0.29, 0.717) is 17.1 Å². The minimum Gasteiger partial charge on any atom is -0.480 e. The Morgan fingerprint density at radius 1 is 1.03 bits per heavy atom. The zero-order valence-corrected chi connectivity index (χ0v) is 19.6. The molecule has 2 atom stereocenters. The van der Waals surface area contributed by atoms with E-state index in [1.807, 2.05) is 30.3 Å². The number of amides is 1. The van der Waals surface area contributed by atoms with Gasteiger partial charge in [-0.3, -0.25) is 9.59 Å². The molecule has 0 saturated carbocycles. The molecule has 0 aliphatic carbocycles. The van der Waals surface area contributed by atoms with Crippen LogP contribution in [0.15, 0.2) is 54.6 Å². The molecule has 0 aromatic heterocycles. The average molecular weight is 543 g/mol. The van der Waals surface area contributed by atoms with Crippen LogP contribution in [0.4, 0.5) is 0 Å². The molecule has 154 valence electrons. The maximum absolute atomic E-state index is 12.4. The lowest BCUT2D eigenvalue weighted by Crippen LogP contribution is -2.45. The van der Waals surface area contributed by atoms with Crippen LogP contribution in [0.5, 0.6) is 0 Å². The first-order chi connectivity index (χ1) is 13.9. The summed E-state index contributed by atoms with van der Waals surface area (Å²) < 4.78 is 1.14. The Hall–Kier alpha value is -1.52. The third kappa shape index (κ3) is 8.39. The largest absolute Gasteiger partial charge is 0.480 e. The fourth-order valence-electron chi connectivity index (χ4n) is 2.30. The predicted molar refractivity (Wildman–Crippen MR) is 127 cm³/mol. The van der Waals surface area contributed by atoms with Gasteiger partial charge >= 0.3 is 5.97 Å². The van der Waals surface area contributed by atoms with Gasteiger partial charge in [0.15, 0.2) is 0 Å². The van der Waals surface area contributed by atoms with Gasteiger partial charge in [0, 0.05) is 32.3 Å². The van der Waals surface area contributed by atoms with Gasteiger partial charge in [0.25, 0.3) is 0 Å². The second-order valence-electron chi connectivity index (χ2n) is 6.41. The van der Waals surface area contributed by atoms with Crippen molar-refractivity contribution in [2.45, 2.75) is 18.7 Å². The van der Waals surface area contributed by atoms with Gasteiger partial charge in [-0.25, -0.2) is 4.79 Å². The summed E-state index contributed by atoms with van der Waals surface area (Å²) in [4.78, 5) is 36.0. The van der Waals surface area contributed by atoms with Gasteiger partial charge in [0.05, 0.1) is 0 Å². The minimum atomic E-state index is -1.06. The highest BCUT2D eigenvalue weighted by molar-refractivity contribution is 14.1. The summed E-state index contributed by atoms with van der Waals surface area (Å²) >= 11 is 4.76. The molecule has 2 rings (SSSR count). The Bertz CT molecular complexity index is 830. The van der Waals surface area contributed by atoms with Crippen molar-refractivity contribution in [2.24, 2.45) is 5.92 Å². The highest BCUT2D eigenvalue weighted by Gasteiger charge is 2.23. The smallest absolute Gasteiger partial charge is 0.327 e. The average Bonchev–Trinajstić information content (AvgIpc) is 2.72. The van der Waals surface area contributed by atoms with Crippen LogP contribution in [0, 0.1) is 9.49 Å². The van der Waals surface area contributed by atoms with Crippen molar-refractivity contribution in [3.05, 3.63) is 69.3 Å². The van der Waals surface area contributed by atoms with E-state index in [1.165, 1.54) is 11.8 Å². The van der Waals surface area contributed by atoms with Gasteiger partial charge in [-0.05, 0) is 40.3 Å². The number of carboxylic acids is 1. The number of thioether (sulfide) groups is 2. The molecule has 2 aromatic rings. The summed E-state index contributed by atoms with van der Waals surface area (Å²) in [5, 5.41) is 11.9. The SMILES string of the molecule is C[C@H](CSC(=O)c1ccccc1)C(=O)N[C@@H](CSCc1ccc(I)cc1)C(=O)O. The van der Waals surface area contributed by atoms with E-state index in [0.717, 1.165) is 20.9 Å². The summed E-state index contributed by atoms with van der Waals surface area (Å²) in [5.41, 5.74) is 1.69. The third-order valence-corrected chi connectivity index (χ3v) is 6.99. The Morgan fingerprint density at radius 2 is 1.69 bits per heavy atom. The predicted octanol–water partition coefficient (Wildman–Crippen LogP) is 4.30. The molecule has 2 aromatic carbocycles. The van der Waals surface area contributed by atoms with Crippen molar-refractivity contribution in [2.75, 3.05) is 11.5 Å². The van der Waals surface area contributed by atoms with Crippen molar-refractivity contribution < 1.29 is 19.5 Å². The molecule has 0 bridgehead atoms. The van der Waals surface area contributed by atoms with E-state index < -0.39 is 17.9 Å². The van der Waals surface area contributed by atoms with Gasteiger partial charge in [-0.2, -0.15) is 11.8 Å². The first kappa shape index (κ1) is 23.8. The first-order valence-corrected chi connectivity index (χ1v) is 12.2. The molecule has 8 heteroatoms. The number of hydrogen-bond acceptors (Lipinski definition) is 5. The molecular weight excluding hydrogens is 521 g/mol. The van der Waals surface area contributed by atoms with Gasteiger partial charge in [0.1, 0.15) is 6.04 Å². The van der Waals surface area contributed by atoms with Crippen molar-refractivity contribution in [1.29, 1.82) is 0 Å². The quantitative estimate of drug-likeness (QED) is 0.435. The van der Waals surface area contributed by atoms with Crippen molar-refractivity contribution >= 4 is 63.1 Å². The number of carbonyl (C=O) groups is 3.